The first-order chi connectivity index (χ1) is 9.09. The lowest BCUT2D eigenvalue weighted by atomic mass is 9.74. The zero-order valence-corrected chi connectivity index (χ0v) is 11.4. The summed E-state index contributed by atoms with van der Waals surface area (Å²) < 4.78 is 5.37. The maximum absolute atomic E-state index is 11.5. The van der Waals surface area contributed by atoms with E-state index in [0.29, 0.717) is 19.6 Å². The van der Waals surface area contributed by atoms with Crippen molar-refractivity contribution in [2.45, 2.75) is 25.7 Å². The van der Waals surface area contributed by atoms with Crippen LogP contribution in [0.15, 0.2) is 36.4 Å². The molecule has 0 atom stereocenters. The van der Waals surface area contributed by atoms with Crippen molar-refractivity contribution in [3.63, 3.8) is 0 Å². The van der Waals surface area contributed by atoms with E-state index in [4.69, 9.17) is 4.74 Å². The van der Waals surface area contributed by atoms with Crippen LogP contribution in [0.1, 0.15) is 24.5 Å². The summed E-state index contributed by atoms with van der Waals surface area (Å²) in [5, 5.41) is 2.49. The molecule has 0 unspecified atom stereocenters. The van der Waals surface area contributed by atoms with Gasteiger partial charge < -0.3 is 4.74 Å². The van der Waals surface area contributed by atoms with Crippen molar-refractivity contribution in [1.82, 2.24) is 0 Å². The highest BCUT2D eigenvalue weighted by Crippen LogP contribution is 2.37. The third-order valence-electron chi connectivity index (χ3n) is 3.95. The summed E-state index contributed by atoms with van der Waals surface area (Å²) in [4.78, 5) is 11.5. The Bertz CT molecular complexity index is 639. The molecule has 98 valence electrons. The summed E-state index contributed by atoms with van der Waals surface area (Å²) in [7, 11) is 0. The Balaban J connectivity index is 2.05. The molecule has 2 heteroatoms. The van der Waals surface area contributed by atoms with Crippen LogP contribution >= 0.6 is 0 Å². The number of benzene rings is 2. The van der Waals surface area contributed by atoms with E-state index in [2.05, 4.69) is 43.3 Å². The molecule has 3 rings (SSSR count). The van der Waals surface area contributed by atoms with Crippen molar-refractivity contribution in [3.05, 3.63) is 47.5 Å². The van der Waals surface area contributed by atoms with Gasteiger partial charge in [-0.25, -0.2) is 0 Å². The Morgan fingerprint density at radius 2 is 1.84 bits per heavy atom. The Labute approximate surface area is 113 Å². The zero-order chi connectivity index (χ0) is 13.5. The lowest BCUT2D eigenvalue weighted by molar-refractivity contribution is -0.125. The van der Waals surface area contributed by atoms with Crippen molar-refractivity contribution in [2.24, 2.45) is 0 Å². The lowest BCUT2D eigenvalue weighted by Crippen LogP contribution is -2.47. The number of hydrogen-bond acceptors (Lipinski definition) is 2. The van der Waals surface area contributed by atoms with Crippen molar-refractivity contribution < 1.29 is 9.53 Å². The van der Waals surface area contributed by atoms with Crippen LogP contribution in [-0.2, 0) is 14.9 Å². The first kappa shape index (κ1) is 12.4. The first-order valence-corrected chi connectivity index (χ1v) is 6.67. The molecule has 0 saturated carbocycles. The number of ketones is 1. The fraction of sp³-hybridized carbons (Fsp3) is 0.353. The molecule has 1 aliphatic rings. The lowest BCUT2D eigenvalue weighted by Gasteiger charge is -2.41. The highest BCUT2D eigenvalue weighted by molar-refractivity contribution is 5.84. The quantitative estimate of drug-likeness (QED) is 0.839. The third-order valence-corrected chi connectivity index (χ3v) is 3.95. The monoisotopic (exact) mass is 254 g/mol. The van der Waals surface area contributed by atoms with Crippen molar-refractivity contribution in [2.75, 3.05) is 13.2 Å². The second-order valence-corrected chi connectivity index (χ2v) is 5.72. The third kappa shape index (κ3) is 2.17. The molecular weight excluding hydrogens is 236 g/mol. The van der Waals surface area contributed by atoms with Gasteiger partial charge in [0.2, 0.25) is 0 Å². The summed E-state index contributed by atoms with van der Waals surface area (Å²) >= 11 is 0. The Morgan fingerprint density at radius 1 is 1.16 bits per heavy atom. The van der Waals surface area contributed by atoms with Crippen LogP contribution < -0.4 is 0 Å². The van der Waals surface area contributed by atoms with E-state index in [0.717, 1.165) is 0 Å². The molecule has 1 aliphatic heterocycles. The van der Waals surface area contributed by atoms with Crippen LogP contribution in [0.3, 0.4) is 0 Å². The average molecular weight is 254 g/mol. The van der Waals surface area contributed by atoms with Gasteiger partial charge in [-0.2, -0.15) is 0 Å². The van der Waals surface area contributed by atoms with E-state index < -0.39 is 0 Å². The zero-order valence-electron chi connectivity index (χ0n) is 11.4. The normalized spacial score (nSPS) is 17.2. The van der Waals surface area contributed by atoms with Crippen LogP contribution in [0.5, 0.6) is 0 Å². The number of aryl methyl sites for hydroxylation is 1. The minimum absolute atomic E-state index is 0.0924. The fourth-order valence-electron chi connectivity index (χ4n) is 2.89. The van der Waals surface area contributed by atoms with Gasteiger partial charge in [-0.15, -0.1) is 0 Å². The maximum atomic E-state index is 11.5. The van der Waals surface area contributed by atoms with Gasteiger partial charge in [-0.3, -0.25) is 4.79 Å². The molecule has 1 saturated heterocycles. The van der Waals surface area contributed by atoms with Crippen LogP contribution in [0.2, 0.25) is 0 Å². The van der Waals surface area contributed by atoms with E-state index in [1.54, 1.807) is 6.92 Å². The molecule has 19 heavy (non-hydrogen) atoms. The molecule has 0 aromatic heterocycles. The van der Waals surface area contributed by atoms with E-state index >= 15 is 0 Å². The summed E-state index contributed by atoms with van der Waals surface area (Å²) in [5.41, 5.74) is 2.40. The highest BCUT2D eigenvalue weighted by atomic mass is 16.5. The molecule has 2 aromatic rings. The average Bonchev–Trinajstić information content (AvgIpc) is 2.33. The molecule has 1 heterocycles. The first-order valence-electron chi connectivity index (χ1n) is 6.67. The molecule has 0 amide bonds. The van der Waals surface area contributed by atoms with E-state index in [-0.39, 0.29) is 11.2 Å². The standard InChI is InChI=1S/C17H18O2/c1-12-3-4-15-8-16(6-5-14(15)7-12)17(9-13(2)18)10-19-11-17/h3-8H,9-11H2,1-2H3. The Hall–Kier alpha value is -1.67. The SMILES string of the molecule is CC(=O)CC1(c2ccc3cc(C)ccc3c2)COC1. The van der Waals surface area contributed by atoms with Crippen molar-refractivity contribution >= 4 is 16.6 Å². The Kier molecular flexibility index (Phi) is 2.90. The number of fused-ring (bicyclic) bond motifs is 1. The second-order valence-electron chi connectivity index (χ2n) is 5.72. The van der Waals surface area contributed by atoms with Crippen LogP contribution in [0, 0.1) is 6.92 Å². The predicted octanol–water partition coefficient (Wildman–Crippen LogP) is 3.40. The summed E-state index contributed by atoms with van der Waals surface area (Å²) in [6, 6.07) is 13.0. The van der Waals surface area contributed by atoms with Crippen LogP contribution in [0.4, 0.5) is 0 Å². The number of carbonyl (C=O) groups excluding carboxylic acids is 1. The van der Waals surface area contributed by atoms with Crippen LogP contribution in [0.25, 0.3) is 10.8 Å². The number of ether oxygens (including phenoxy) is 1. The highest BCUT2D eigenvalue weighted by Gasteiger charge is 2.41. The second kappa shape index (κ2) is 4.46. The molecule has 0 spiro atoms. The van der Waals surface area contributed by atoms with Crippen molar-refractivity contribution in [1.29, 1.82) is 0 Å². The van der Waals surface area contributed by atoms with Gasteiger partial charge in [-0.05, 0) is 30.2 Å². The van der Waals surface area contributed by atoms with Gasteiger partial charge in [0.15, 0.2) is 0 Å². The van der Waals surface area contributed by atoms with Gasteiger partial charge in [-0.1, -0.05) is 42.0 Å². The van der Waals surface area contributed by atoms with Crippen LogP contribution in [-0.4, -0.2) is 19.0 Å². The van der Waals surface area contributed by atoms with Gasteiger partial charge in [0.1, 0.15) is 5.78 Å². The van der Waals surface area contributed by atoms with Gasteiger partial charge in [0.25, 0.3) is 0 Å². The molecule has 0 radical (unpaired) electrons. The molecule has 0 N–H and O–H groups in total. The van der Waals surface area contributed by atoms with Gasteiger partial charge in [0, 0.05) is 11.8 Å². The molecule has 0 aliphatic carbocycles. The number of rotatable bonds is 3. The van der Waals surface area contributed by atoms with Gasteiger partial charge >= 0.3 is 0 Å². The molecule has 0 bridgehead atoms. The van der Waals surface area contributed by atoms with E-state index in [1.807, 2.05) is 0 Å². The Morgan fingerprint density at radius 3 is 2.47 bits per heavy atom. The molecule has 2 aromatic carbocycles. The smallest absolute Gasteiger partial charge is 0.130 e. The van der Waals surface area contributed by atoms with Crippen molar-refractivity contribution in [3.8, 4) is 0 Å². The maximum Gasteiger partial charge on any atom is 0.130 e. The molecule has 1 fully saturated rings. The number of carbonyl (C=O) groups is 1. The largest absolute Gasteiger partial charge is 0.379 e. The minimum atomic E-state index is -0.0924. The fourth-order valence-corrected chi connectivity index (χ4v) is 2.89. The predicted molar refractivity (Wildman–Crippen MR) is 76.5 cm³/mol. The number of hydrogen-bond donors (Lipinski definition) is 0. The summed E-state index contributed by atoms with van der Waals surface area (Å²) in [6.45, 7) is 5.07. The summed E-state index contributed by atoms with van der Waals surface area (Å²) in [5.74, 6) is 0.229. The van der Waals surface area contributed by atoms with E-state index in [1.165, 1.54) is 21.9 Å². The molecular formula is C17H18O2. The number of Topliss-reactive ketones (excluding diaryl/α,β-unsaturated/α-hetero) is 1. The minimum Gasteiger partial charge on any atom is -0.379 e. The topological polar surface area (TPSA) is 26.3 Å². The molecule has 2 nitrogen and oxygen atoms in total. The summed E-state index contributed by atoms with van der Waals surface area (Å²) in [6.07, 6.45) is 0.574. The van der Waals surface area contributed by atoms with E-state index in [9.17, 15) is 4.79 Å². The van der Waals surface area contributed by atoms with Gasteiger partial charge in [0.05, 0.1) is 13.2 Å².